The van der Waals surface area contributed by atoms with E-state index in [0.717, 1.165) is 10.0 Å². The molecule has 0 radical (unpaired) electrons. The van der Waals surface area contributed by atoms with E-state index in [9.17, 15) is 4.79 Å². The Morgan fingerprint density at radius 1 is 1.37 bits per heavy atom. The summed E-state index contributed by atoms with van der Waals surface area (Å²) in [6, 6.07) is 7.06. The molecular weight excluding hydrogens is 310 g/mol. The lowest BCUT2D eigenvalue weighted by molar-refractivity contribution is 0.100. The third-order valence-electron chi connectivity index (χ3n) is 2.54. The molecule has 2 rings (SSSR count). The normalized spacial score (nSPS) is 10.2. The highest BCUT2D eigenvalue weighted by atomic mass is 79.9. The summed E-state index contributed by atoms with van der Waals surface area (Å²) in [6.07, 6.45) is 1.35. The summed E-state index contributed by atoms with van der Waals surface area (Å²) in [4.78, 5) is 15.2. The molecule has 0 aliphatic heterocycles. The minimum absolute atomic E-state index is 0.192. The minimum atomic E-state index is -0.615. The first-order chi connectivity index (χ1) is 8.97. The van der Waals surface area contributed by atoms with Gasteiger partial charge in [0.2, 0.25) is 5.88 Å². The molecule has 0 bridgehead atoms. The van der Waals surface area contributed by atoms with Crippen molar-refractivity contribution >= 4 is 27.5 Å². The Morgan fingerprint density at radius 2 is 2.11 bits per heavy atom. The van der Waals surface area contributed by atoms with Gasteiger partial charge in [0, 0.05) is 10.5 Å². The van der Waals surface area contributed by atoms with Crippen LogP contribution in [0.25, 0.3) is 0 Å². The Hall–Kier alpha value is -2.08. The number of nitrogens with two attached hydrogens (primary N) is 2. The quantitative estimate of drug-likeness (QED) is 0.909. The van der Waals surface area contributed by atoms with Crippen LogP contribution >= 0.6 is 15.9 Å². The number of anilines is 1. The maximum atomic E-state index is 11.2. The fourth-order valence-electron chi connectivity index (χ4n) is 1.51. The van der Waals surface area contributed by atoms with Crippen LogP contribution in [0.1, 0.15) is 15.9 Å². The van der Waals surface area contributed by atoms with Gasteiger partial charge in [-0.15, -0.1) is 0 Å². The molecule has 0 fully saturated rings. The molecule has 19 heavy (non-hydrogen) atoms. The van der Waals surface area contributed by atoms with Crippen molar-refractivity contribution in [2.45, 2.75) is 6.92 Å². The van der Waals surface area contributed by atoms with Crippen LogP contribution in [0.4, 0.5) is 5.69 Å². The number of nitrogens with zero attached hydrogens (tertiary/aromatic N) is 1. The largest absolute Gasteiger partial charge is 0.439 e. The molecule has 0 saturated heterocycles. The molecule has 4 N–H and O–H groups in total. The maximum absolute atomic E-state index is 11.2. The van der Waals surface area contributed by atoms with Gasteiger partial charge in [-0.2, -0.15) is 0 Å². The third-order valence-corrected chi connectivity index (χ3v) is 3.03. The number of hydrogen-bond donors (Lipinski definition) is 2. The van der Waals surface area contributed by atoms with Gasteiger partial charge in [-0.3, -0.25) is 4.79 Å². The van der Waals surface area contributed by atoms with E-state index < -0.39 is 5.91 Å². The fourth-order valence-corrected chi connectivity index (χ4v) is 1.85. The van der Waals surface area contributed by atoms with Crippen LogP contribution in [0.2, 0.25) is 0 Å². The zero-order valence-electron chi connectivity index (χ0n) is 10.2. The number of primary amides is 1. The summed E-state index contributed by atoms with van der Waals surface area (Å²) >= 11 is 3.36. The third kappa shape index (κ3) is 3.03. The van der Waals surface area contributed by atoms with Crippen molar-refractivity contribution in [1.82, 2.24) is 4.98 Å². The number of hydrogen-bond acceptors (Lipinski definition) is 4. The zero-order valence-corrected chi connectivity index (χ0v) is 11.8. The lowest BCUT2D eigenvalue weighted by Gasteiger charge is -2.09. The average Bonchev–Trinajstić information content (AvgIpc) is 2.36. The standard InChI is InChI=1S/C13H12BrN3O2/c1-7-2-3-8(14)4-11(7)19-12-5-9(13(16)18)10(15)6-17-12/h2-6H,15H2,1H3,(H2,16,18). The number of benzene rings is 1. The Balaban J connectivity index is 2.36. The van der Waals surface area contributed by atoms with Crippen LogP contribution in [-0.2, 0) is 0 Å². The number of amides is 1. The molecule has 0 saturated carbocycles. The van der Waals surface area contributed by atoms with Crippen molar-refractivity contribution in [1.29, 1.82) is 0 Å². The second kappa shape index (κ2) is 5.27. The van der Waals surface area contributed by atoms with Crippen molar-refractivity contribution in [3.63, 3.8) is 0 Å². The molecule has 1 aromatic carbocycles. The van der Waals surface area contributed by atoms with E-state index in [4.69, 9.17) is 16.2 Å². The van der Waals surface area contributed by atoms with Gasteiger partial charge in [-0.25, -0.2) is 4.98 Å². The molecule has 0 unspecified atom stereocenters. The first-order valence-corrected chi connectivity index (χ1v) is 6.26. The number of carbonyl (C=O) groups excluding carboxylic acids is 1. The van der Waals surface area contributed by atoms with Gasteiger partial charge >= 0.3 is 0 Å². The van der Waals surface area contributed by atoms with Crippen molar-refractivity contribution in [2.75, 3.05) is 5.73 Å². The van der Waals surface area contributed by atoms with E-state index in [2.05, 4.69) is 20.9 Å². The number of aryl methyl sites for hydroxylation is 1. The smallest absolute Gasteiger partial charge is 0.251 e. The lowest BCUT2D eigenvalue weighted by atomic mass is 10.2. The topological polar surface area (TPSA) is 91.2 Å². The lowest BCUT2D eigenvalue weighted by Crippen LogP contribution is -2.13. The zero-order chi connectivity index (χ0) is 14.0. The summed E-state index contributed by atoms with van der Waals surface area (Å²) in [5.41, 5.74) is 12.2. The fraction of sp³-hybridized carbons (Fsp3) is 0.0769. The molecule has 1 aromatic heterocycles. The van der Waals surface area contributed by atoms with Crippen LogP contribution in [0, 0.1) is 6.92 Å². The molecule has 0 aliphatic carbocycles. The van der Waals surface area contributed by atoms with Crippen molar-refractivity contribution in [2.24, 2.45) is 5.73 Å². The summed E-state index contributed by atoms with van der Waals surface area (Å²) in [5.74, 6) is 0.294. The number of ether oxygens (including phenoxy) is 1. The second-order valence-electron chi connectivity index (χ2n) is 3.99. The van der Waals surface area contributed by atoms with Crippen molar-refractivity contribution < 1.29 is 9.53 Å². The minimum Gasteiger partial charge on any atom is -0.439 e. The summed E-state index contributed by atoms with van der Waals surface area (Å²) in [6.45, 7) is 1.91. The molecule has 6 heteroatoms. The second-order valence-corrected chi connectivity index (χ2v) is 4.90. The monoisotopic (exact) mass is 321 g/mol. The van der Waals surface area contributed by atoms with E-state index in [0.29, 0.717) is 5.75 Å². The van der Waals surface area contributed by atoms with Gasteiger partial charge in [0.1, 0.15) is 5.75 Å². The Labute approximate surface area is 118 Å². The summed E-state index contributed by atoms with van der Waals surface area (Å²) in [7, 11) is 0. The number of nitrogen functional groups attached to an aromatic ring is 1. The molecular formula is C13H12BrN3O2. The number of aromatic nitrogens is 1. The van der Waals surface area contributed by atoms with E-state index in [1.165, 1.54) is 12.3 Å². The van der Waals surface area contributed by atoms with E-state index >= 15 is 0 Å². The highest BCUT2D eigenvalue weighted by Gasteiger charge is 2.10. The predicted octanol–water partition coefficient (Wildman–Crippen LogP) is 2.63. The molecule has 0 spiro atoms. The Morgan fingerprint density at radius 3 is 2.79 bits per heavy atom. The van der Waals surface area contributed by atoms with Crippen LogP contribution in [0.3, 0.4) is 0 Å². The molecule has 1 amide bonds. The number of pyridine rings is 1. The summed E-state index contributed by atoms with van der Waals surface area (Å²) in [5, 5.41) is 0. The van der Waals surface area contributed by atoms with Gasteiger partial charge in [-0.05, 0) is 24.6 Å². The first kappa shape index (κ1) is 13.4. The van der Waals surface area contributed by atoms with Gasteiger partial charge in [0.05, 0.1) is 17.4 Å². The average molecular weight is 322 g/mol. The van der Waals surface area contributed by atoms with Crippen LogP contribution in [0.5, 0.6) is 11.6 Å². The molecule has 0 aliphatic rings. The highest BCUT2D eigenvalue weighted by Crippen LogP contribution is 2.28. The maximum Gasteiger partial charge on any atom is 0.251 e. The molecule has 98 valence electrons. The van der Waals surface area contributed by atoms with Crippen LogP contribution in [0.15, 0.2) is 34.9 Å². The van der Waals surface area contributed by atoms with E-state index in [1.807, 2.05) is 25.1 Å². The predicted molar refractivity (Wildman–Crippen MR) is 76.1 cm³/mol. The van der Waals surface area contributed by atoms with Crippen molar-refractivity contribution in [3.05, 3.63) is 46.1 Å². The Kier molecular flexibility index (Phi) is 3.71. The number of rotatable bonds is 3. The van der Waals surface area contributed by atoms with Gasteiger partial charge in [0.15, 0.2) is 0 Å². The van der Waals surface area contributed by atoms with Gasteiger partial charge in [-0.1, -0.05) is 22.0 Å². The van der Waals surface area contributed by atoms with Gasteiger partial charge < -0.3 is 16.2 Å². The molecule has 0 atom stereocenters. The summed E-state index contributed by atoms with van der Waals surface area (Å²) < 4.78 is 6.52. The van der Waals surface area contributed by atoms with E-state index in [-0.39, 0.29) is 17.1 Å². The first-order valence-electron chi connectivity index (χ1n) is 5.46. The highest BCUT2D eigenvalue weighted by molar-refractivity contribution is 9.10. The molecule has 1 heterocycles. The SMILES string of the molecule is Cc1ccc(Br)cc1Oc1cc(C(N)=O)c(N)cn1. The Bertz CT molecular complexity index is 644. The van der Waals surface area contributed by atoms with Crippen LogP contribution in [-0.4, -0.2) is 10.9 Å². The van der Waals surface area contributed by atoms with Crippen LogP contribution < -0.4 is 16.2 Å². The molecule has 5 nitrogen and oxygen atoms in total. The number of halogens is 1. The van der Waals surface area contributed by atoms with E-state index in [1.54, 1.807) is 0 Å². The molecule has 2 aromatic rings. The van der Waals surface area contributed by atoms with Crippen molar-refractivity contribution in [3.8, 4) is 11.6 Å². The number of carbonyl (C=O) groups is 1. The van der Waals surface area contributed by atoms with Gasteiger partial charge in [0.25, 0.3) is 5.91 Å².